The summed E-state index contributed by atoms with van der Waals surface area (Å²) in [6, 6.07) is 3.72. The minimum absolute atomic E-state index is 0.0346. The van der Waals surface area contributed by atoms with E-state index in [1.165, 1.54) is 12.4 Å². The Morgan fingerprint density at radius 3 is 2.50 bits per heavy atom. The molecule has 1 aliphatic heterocycles. The molecule has 7 nitrogen and oxygen atoms in total. The third kappa shape index (κ3) is 3.05. The molecule has 1 aliphatic carbocycles. The molecule has 134 valence electrons. The number of carbonyl (C=O) groups excluding carboxylic acids is 2. The van der Waals surface area contributed by atoms with Crippen LogP contribution in [0.15, 0.2) is 43.1 Å². The first-order valence-electron chi connectivity index (χ1n) is 8.94. The van der Waals surface area contributed by atoms with Crippen LogP contribution in [0.1, 0.15) is 46.5 Å². The third-order valence-electron chi connectivity index (χ3n) is 5.73. The van der Waals surface area contributed by atoms with Crippen molar-refractivity contribution < 1.29 is 9.59 Å². The van der Waals surface area contributed by atoms with Crippen molar-refractivity contribution in [1.82, 2.24) is 25.2 Å². The maximum Gasteiger partial charge on any atom is 0.271 e. The molecule has 1 saturated carbocycles. The SMILES string of the molecule is O=C(N[C@H]1CCC12CCN(C(=O)c1cccnc1)CC2)c1cnccn1. The van der Waals surface area contributed by atoms with Gasteiger partial charge in [0.05, 0.1) is 11.8 Å². The number of aromatic nitrogens is 3. The first kappa shape index (κ1) is 16.6. The highest BCUT2D eigenvalue weighted by molar-refractivity contribution is 5.94. The number of nitrogens with zero attached hydrogens (tertiary/aromatic N) is 4. The van der Waals surface area contributed by atoms with Gasteiger partial charge in [-0.3, -0.25) is 19.6 Å². The average molecular weight is 351 g/mol. The maximum absolute atomic E-state index is 12.6. The fourth-order valence-corrected chi connectivity index (χ4v) is 4.00. The Bertz CT molecular complexity index is 788. The molecule has 0 bridgehead atoms. The van der Waals surface area contributed by atoms with Gasteiger partial charge in [0.15, 0.2) is 0 Å². The van der Waals surface area contributed by atoms with Crippen molar-refractivity contribution in [3.63, 3.8) is 0 Å². The van der Waals surface area contributed by atoms with Crippen LogP contribution in [0.25, 0.3) is 0 Å². The molecule has 2 amide bonds. The normalized spacial score (nSPS) is 21.1. The third-order valence-corrected chi connectivity index (χ3v) is 5.73. The molecular formula is C19H21N5O2. The van der Waals surface area contributed by atoms with Gasteiger partial charge in [-0.15, -0.1) is 0 Å². The number of hydrogen-bond acceptors (Lipinski definition) is 5. The van der Waals surface area contributed by atoms with Crippen LogP contribution in [0.5, 0.6) is 0 Å². The second-order valence-corrected chi connectivity index (χ2v) is 7.05. The van der Waals surface area contributed by atoms with Crippen molar-refractivity contribution in [3.8, 4) is 0 Å². The number of piperidine rings is 1. The largest absolute Gasteiger partial charge is 0.347 e. The van der Waals surface area contributed by atoms with Crippen LogP contribution >= 0.6 is 0 Å². The van der Waals surface area contributed by atoms with Crippen LogP contribution in [-0.2, 0) is 0 Å². The van der Waals surface area contributed by atoms with Crippen LogP contribution in [0.4, 0.5) is 0 Å². The Kier molecular flexibility index (Phi) is 4.36. The van der Waals surface area contributed by atoms with Crippen LogP contribution in [-0.4, -0.2) is 50.8 Å². The van der Waals surface area contributed by atoms with E-state index in [0.29, 0.717) is 24.3 Å². The zero-order valence-corrected chi connectivity index (χ0v) is 14.5. The molecule has 0 unspecified atom stereocenters. The summed E-state index contributed by atoms with van der Waals surface area (Å²) in [5.74, 6) is -0.136. The lowest BCUT2D eigenvalue weighted by molar-refractivity contribution is -0.00241. The highest BCUT2D eigenvalue weighted by Gasteiger charge is 2.49. The van der Waals surface area contributed by atoms with Gasteiger partial charge in [0.25, 0.3) is 11.8 Å². The Labute approximate surface area is 151 Å². The van der Waals surface area contributed by atoms with Gasteiger partial charge in [-0.05, 0) is 43.2 Å². The van der Waals surface area contributed by atoms with Crippen LogP contribution in [0, 0.1) is 5.41 Å². The molecule has 4 rings (SSSR count). The molecule has 1 atom stereocenters. The number of nitrogens with one attached hydrogen (secondary N) is 1. The van der Waals surface area contributed by atoms with Gasteiger partial charge < -0.3 is 10.2 Å². The molecule has 1 spiro atoms. The minimum atomic E-state index is -0.170. The van der Waals surface area contributed by atoms with Crippen molar-refractivity contribution in [1.29, 1.82) is 0 Å². The lowest BCUT2D eigenvalue weighted by Crippen LogP contribution is -2.59. The molecule has 1 saturated heterocycles. The fourth-order valence-electron chi connectivity index (χ4n) is 4.00. The first-order chi connectivity index (χ1) is 12.7. The zero-order valence-electron chi connectivity index (χ0n) is 14.5. The van der Waals surface area contributed by atoms with Gasteiger partial charge in [0, 0.05) is 43.9 Å². The molecule has 2 aromatic rings. The molecule has 0 radical (unpaired) electrons. The van der Waals surface area contributed by atoms with Crippen molar-refractivity contribution in [2.24, 2.45) is 5.41 Å². The minimum Gasteiger partial charge on any atom is -0.347 e. The lowest BCUT2D eigenvalue weighted by Gasteiger charge is -2.54. The van der Waals surface area contributed by atoms with Gasteiger partial charge in [0.2, 0.25) is 0 Å². The molecule has 0 aromatic carbocycles. The van der Waals surface area contributed by atoms with E-state index in [-0.39, 0.29) is 23.3 Å². The van der Waals surface area contributed by atoms with E-state index in [0.717, 1.165) is 25.7 Å². The van der Waals surface area contributed by atoms with E-state index < -0.39 is 0 Å². The van der Waals surface area contributed by atoms with Gasteiger partial charge >= 0.3 is 0 Å². The quantitative estimate of drug-likeness (QED) is 0.909. The van der Waals surface area contributed by atoms with E-state index in [1.54, 1.807) is 30.7 Å². The Morgan fingerprint density at radius 2 is 1.88 bits per heavy atom. The highest BCUT2D eigenvalue weighted by atomic mass is 16.2. The first-order valence-corrected chi connectivity index (χ1v) is 8.94. The summed E-state index contributed by atoms with van der Waals surface area (Å²) in [7, 11) is 0. The fraction of sp³-hybridized carbons (Fsp3) is 0.421. The number of hydrogen-bond donors (Lipinski definition) is 1. The smallest absolute Gasteiger partial charge is 0.271 e. The molecule has 26 heavy (non-hydrogen) atoms. The molecule has 2 fully saturated rings. The average Bonchev–Trinajstić information content (AvgIpc) is 2.72. The van der Waals surface area contributed by atoms with Crippen molar-refractivity contribution in [2.75, 3.05) is 13.1 Å². The Hall–Kier alpha value is -2.83. The molecule has 7 heteroatoms. The monoisotopic (exact) mass is 351 g/mol. The second kappa shape index (κ2) is 6.82. The maximum atomic E-state index is 12.6. The van der Waals surface area contributed by atoms with Gasteiger partial charge in [-0.25, -0.2) is 4.98 Å². The van der Waals surface area contributed by atoms with Crippen LogP contribution in [0.2, 0.25) is 0 Å². The molecule has 2 aromatic heterocycles. The van der Waals surface area contributed by atoms with E-state index >= 15 is 0 Å². The molecule has 1 N–H and O–H groups in total. The van der Waals surface area contributed by atoms with Gasteiger partial charge in [-0.2, -0.15) is 0 Å². The number of pyridine rings is 1. The summed E-state index contributed by atoms with van der Waals surface area (Å²) in [6.45, 7) is 1.43. The zero-order chi connectivity index (χ0) is 18.0. The Morgan fingerprint density at radius 1 is 1.08 bits per heavy atom. The van der Waals surface area contributed by atoms with E-state index in [1.807, 2.05) is 4.90 Å². The summed E-state index contributed by atoms with van der Waals surface area (Å²) in [5, 5.41) is 3.11. The standard InChI is InChI=1S/C19H21N5O2/c25-17(15-13-21-8-9-22-15)23-16-3-4-19(16)5-10-24(11-6-19)18(26)14-2-1-7-20-12-14/h1-2,7-9,12-13,16H,3-6,10-11H2,(H,23,25)/t16-/m0/s1. The predicted octanol–water partition coefficient (Wildman–Crippen LogP) is 1.69. The number of carbonyl (C=O) groups is 2. The van der Waals surface area contributed by atoms with Crippen molar-refractivity contribution >= 4 is 11.8 Å². The summed E-state index contributed by atoms with van der Waals surface area (Å²) < 4.78 is 0. The summed E-state index contributed by atoms with van der Waals surface area (Å²) in [6.07, 6.45) is 11.7. The van der Waals surface area contributed by atoms with Gasteiger partial charge in [0.1, 0.15) is 5.69 Å². The number of amides is 2. The molecule has 2 aliphatic rings. The summed E-state index contributed by atoms with van der Waals surface area (Å²) in [4.78, 5) is 38.8. The van der Waals surface area contributed by atoms with E-state index in [9.17, 15) is 9.59 Å². The Balaban J connectivity index is 1.36. The second-order valence-electron chi connectivity index (χ2n) is 7.05. The van der Waals surface area contributed by atoms with Crippen molar-refractivity contribution in [3.05, 3.63) is 54.4 Å². The van der Waals surface area contributed by atoms with Crippen LogP contribution < -0.4 is 5.32 Å². The number of likely N-dealkylation sites (tertiary alicyclic amines) is 1. The topological polar surface area (TPSA) is 88.1 Å². The molecule has 3 heterocycles. The van der Waals surface area contributed by atoms with Crippen LogP contribution in [0.3, 0.4) is 0 Å². The summed E-state index contributed by atoms with van der Waals surface area (Å²) in [5.41, 5.74) is 1.08. The van der Waals surface area contributed by atoms with E-state index in [4.69, 9.17) is 0 Å². The lowest BCUT2D eigenvalue weighted by atomic mass is 9.59. The number of rotatable bonds is 3. The molecular weight excluding hydrogens is 330 g/mol. The predicted molar refractivity (Wildman–Crippen MR) is 94.3 cm³/mol. The highest BCUT2D eigenvalue weighted by Crippen LogP contribution is 2.49. The van der Waals surface area contributed by atoms with E-state index in [2.05, 4.69) is 20.3 Å². The van der Waals surface area contributed by atoms with Gasteiger partial charge in [-0.1, -0.05) is 0 Å². The summed E-state index contributed by atoms with van der Waals surface area (Å²) >= 11 is 0. The van der Waals surface area contributed by atoms with Crippen molar-refractivity contribution in [2.45, 2.75) is 31.7 Å².